The molecule has 0 unspecified atom stereocenters. The van der Waals surface area contributed by atoms with Gasteiger partial charge in [-0.3, -0.25) is 10.1 Å². The molecule has 3 N–H and O–H groups in total. The molecule has 88 valence electrons. The van der Waals surface area contributed by atoms with Gasteiger partial charge in [0.1, 0.15) is 0 Å². The van der Waals surface area contributed by atoms with Crippen LogP contribution in [0.1, 0.15) is 5.56 Å². The van der Waals surface area contributed by atoms with Crippen molar-refractivity contribution in [2.75, 3.05) is 30.8 Å². The minimum atomic E-state index is -0.369. The van der Waals surface area contributed by atoms with Crippen LogP contribution in [0.5, 0.6) is 0 Å². The van der Waals surface area contributed by atoms with Gasteiger partial charge in [-0.15, -0.1) is 0 Å². The predicted molar refractivity (Wildman–Crippen MR) is 62.3 cm³/mol. The third kappa shape index (κ3) is 3.39. The van der Waals surface area contributed by atoms with Gasteiger partial charge in [0.25, 0.3) is 0 Å². The minimum absolute atomic E-state index is 0.0261. The highest BCUT2D eigenvalue weighted by atomic mass is 16.6. The molecule has 0 bridgehead atoms. The van der Waals surface area contributed by atoms with Crippen LogP contribution in [-0.4, -0.2) is 30.2 Å². The zero-order chi connectivity index (χ0) is 12.0. The van der Waals surface area contributed by atoms with Gasteiger partial charge in [-0.25, -0.2) is 0 Å². The number of aliphatic hydroxyl groups excluding tert-OH is 1. The third-order valence-corrected chi connectivity index (χ3v) is 2.11. The number of hydrogen-bond acceptors (Lipinski definition) is 5. The highest BCUT2D eigenvalue weighted by Gasteiger charge is 2.08. The van der Waals surface area contributed by atoms with Crippen molar-refractivity contribution in [3.8, 4) is 0 Å². The van der Waals surface area contributed by atoms with Gasteiger partial charge in [-0.05, 0) is 18.2 Å². The molecule has 1 aromatic carbocycles. The van der Waals surface area contributed by atoms with E-state index in [9.17, 15) is 10.1 Å². The molecular weight excluding hydrogens is 210 g/mol. The van der Waals surface area contributed by atoms with Crippen molar-refractivity contribution in [1.29, 1.82) is 0 Å². The molecule has 1 aromatic rings. The smallest absolute Gasteiger partial charge is 0.230 e. The number of hydrogen-bond donors (Lipinski definition) is 3. The van der Waals surface area contributed by atoms with Gasteiger partial charge in [0.2, 0.25) is 6.54 Å². The summed E-state index contributed by atoms with van der Waals surface area (Å²) in [4.78, 5) is 10.1. The van der Waals surface area contributed by atoms with E-state index < -0.39 is 0 Å². The summed E-state index contributed by atoms with van der Waals surface area (Å²) < 4.78 is 0. The molecule has 0 saturated carbocycles. The van der Waals surface area contributed by atoms with Gasteiger partial charge >= 0.3 is 0 Å². The maximum Gasteiger partial charge on any atom is 0.230 e. The van der Waals surface area contributed by atoms with Crippen LogP contribution in [-0.2, 0) is 6.54 Å². The van der Waals surface area contributed by atoms with Crippen molar-refractivity contribution < 1.29 is 10.0 Å². The molecule has 0 atom stereocenters. The molecular formula is C10H15N3O3. The zero-order valence-electron chi connectivity index (χ0n) is 9.06. The highest BCUT2D eigenvalue weighted by molar-refractivity contribution is 5.59. The number of rotatable bonds is 6. The maximum absolute atomic E-state index is 10.5. The maximum atomic E-state index is 10.5. The summed E-state index contributed by atoms with van der Waals surface area (Å²) in [7, 11) is 1.72. The van der Waals surface area contributed by atoms with Gasteiger partial charge in [0.05, 0.1) is 6.61 Å². The molecule has 1 rings (SSSR count). The van der Waals surface area contributed by atoms with Crippen LogP contribution in [0.25, 0.3) is 0 Å². The molecule has 0 aliphatic carbocycles. The van der Waals surface area contributed by atoms with Gasteiger partial charge in [-0.2, -0.15) is 0 Å². The third-order valence-electron chi connectivity index (χ3n) is 2.11. The van der Waals surface area contributed by atoms with Crippen molar-refractivity contribution in [3.05, 3.63) is 33.9 Å². The summed E-state index contributed by atoms with van der Waals surface area (Å²) in [6, 6.07) is 5.30. The van der Waals surface area contributed by atoms with Crippen molar-refractivity contribution in [3.63, 3.8) is 0 Å². The lowest BCUT2D eigenvalue weighted by Gasteiger charge is -2.09. The average Bonchev–Trinajstić information content (AvgIpc) is 2.26. The standard InChI is InChI=1S/C10H15N3O3/c1-11-10-3-2-9(12-4-5-14)6-8(10)7-13(15)16/h2-3,6,11-12,14H,4-5,7H2,1H3. The first-order valence-corrected chi connectivity index (χ1v) is 4.94. The van der Waals surface area contributed by atoms with E-state index in [-0.39, 0.29) is 18.1 Å². The fourth-order valence-corrected chi connectivity index (χ4v) is 1.42. The van der Waals surface area contributed by atoms with Gasteiger partial charge < -0.3 is 15.7 Å². The van der Waals surface area contributed by atoms with Crippen LogP contribution < -0.4 is 10.6 Å². The van der Waals surface area contributed by atoms with Crippen molar-refractivity contribution in [2.24, 2.45) is 0 Å². The van der Waals surface area contributed by atoms with E-state index >= 15 is 0 Å². The molecule has 6 nitrogen and oxygen atoms in total. The molecule has 0 aromatic heterocycles. The first-order valence-electron chi connectivity index (χ1n) is 4.94. The summed E-state index contributed by atoms with van der Waals surface area (Å²) in [5.74, 6) is 0. The summed E-state index contributed by atoms with van der Waals surface area (Å²) >= 11 is 0. The molecule has 16 heavy (non-hydrogen) atoms. The Kier molecular flexibility index (Phi) is 4.53. The second-order valence-corrected chi connectivity index (χ2v) is 3.26. The fraction of sp³-hybridized carbons (Fsp3) is 0.400. The minimum Gasteiger partial charge on any atom is -0.395 e. The number of nitrogens with one attached hydrogen (secondary N) is 2. The Morgan fingerprint density at radius 2 is 2.25 bits per heavy atom. The number of nitrogens with zero attached hydrogens (tertiary/aromatic N) is 1. The first kappa shape index (κ1) is 12.3. The first-order chi connectivity index (χ1) is 7.67. The number of nitro groups is 1. The van der Waals surface area contributed by atoms with E-state index in [0.29, 0.717) is 12.1 Å². The van der Waals surface area contributed by atoms with E-state index in [1.165, 1.54) is 0 Å². The number of benzene rings is 1. The Hall–Kier alpha value is -1.82. The summed E-state index contributed by atoms with van der Waals surface area (Å²) in [6.45, 7) is 0.236. The Morgan fingerprint density at radius 1 is 1.50 bits per heavy atom. The molecule has 0 radical (unpaired) electrons. The molecule has 0 fully saturated rings. The molecule has 0 spiro atoms. The highest BCUT2D eigenvalue weighted by Crippen LogP contribution is 2.20. The van der Waals surface area contributed by atoms with Gasteiger partial charge in [-0.1, -0.05) is 0 Å². The molecule has 0 aliphatic heterocycles. The summed E-state index contributed by atoms with van der Waals surface area (Å²) in [5, 5.41) is 25.0. The monoisotopic (exact) mass is 225 g/mol. The summed E-state index contributed by atoms with van der Waals surface area (Å²) in [5.41, 5.74) is 2.13. The second-order valence-electron chi connectivity index (χ2n) is 3.26. The summed E-state index contributed by atoms with van der Waals surface area (Å²) in [6.07, 6.45) is 0. The molecule has 0 saturated heterocycles. The lowest BCUT2D eigenvalue weighted by Crippen LogP contribution is -2.07. The fourth-order valence-electron chi connectivity index (χ4n) is 1.42. The van der Waals surface area contributed by atoms with Crippen LogP contribution >= 0.6 is 0 Å². The van der Waals surface area contributed by atoms with Crippen LogP contribution in [0.3, 0.4) is 0 Å². The SMILES string of the molecule is CNc1ccc(NCCO)cc1C[N+](=O)[O-]. The lowest BCUT2D eigenvalue weighted by molar-refractivity contribution is -0.496. The quantitative estimate of drug-likeness (QED) is 0.494. The van der Waals surface area contributed by atoms with Gasteiger partial charge in [0, 0.05) is 35.5 Å². The van der Waals surface area contributed by atoms with E-state index in [4.69, 9.17) is 5.11 Å². The van der Waals surface area contributed by atoms with Crippen molar-refractivity contribution >= 4 is 11.4 Å². The zero-order valence-corrected chi connectivity index (χ0v) is 9.06. The lowest BCUT2D eigenvalue weighted by atomic mass is 10.1. The van der Waals surface area contributed by atoms with Crippen LogP contribution in [0.15, 0.2) is 18.2 Å². The Balaban J connectivity index is 2.87. The van der Waals surface area contributed by atoms with Crippen LogP contribution in [0.4, 0.5) is 11.4 Å². The Labute approximate surface area is 93.4 Å². The number of aliphatic hydroxyl groups is 1. The Bertz CT molecular complexity index is 368. The molecule has 0 heterocycles. The van der Waals surface area contributed by atoms with Crippen LogP contribution in [0.2, 0.25) is 0 Å². The number of anilines is 2. The molecule has 6 heteroatoms. The normalized spacial score (nSPS) is 9.88. The largest absolute Gasteiger partial charge is 0.395 e. The van der Waals surface area contributed by atoms with Crippen molar-refractivity contribution in [1.82, 2.24) is 0 Å². The van der Waals surface area contributed by atoms with E-state index in [1.54, 1.807) is 19.2 Å². The van der Waals surface area contributed by atoms with Crippen molar-refractivity contribution in [2.45, 2.75) is 6.54 Å². The second kappa shape index (κ2) is 5.92. The van der Waals surface area contributed by atoms with E-state index in [1.807, 2.05) is 6.07 Å². The topological polar surface area (TPSA) is 87.4 Å². The average molecular weight is 225 g/mol. The van der Waals surface area contributed by atoms with Gasteiger partial charge in [0.15, 0.2) is 0 Å². The van der Waals surface area contributed by atoms with E-state index in [0.717, 1.165) is 11.4 Å². The predicted octanol–water partition coefficient (Wildman–Crippen LogP) is 0.909. The Morgan fingerprint density at radius 3 is 2.81 bits per heavy atom. The van der Waals surface area contributed by atoms with Crippen LogP contribution in [0, 0.1) is 10.1 Å². The van der Waals surface area contributed by atoms with E-state index in [2.05, 4.69) is 10.6 Å². The molecule has 0 amide bonds. The molecule has 0 aliphatic rings.